The monoisotopic (exact) mass is 389 g/mol. The second kappa shape index (κ2) is 7.55. The first-order chi connectivity index (χ1) is 13.0. The molecule has 3 heterocycles. The third kappa shape index (κ3) is 3.79. The molecule has 3 aliphatic rings. The van der Waals surface area contributed by atoms with Crippen LogP contribution >= 0.6 is 11.3 Å². The topological polar surface area (TPSA) is 43.9 Å². The van der Waals surface area contributed by atoms with Gasteiger partial charge in [0.25, 0.3) is 0 Å². The molecular formula is C21H31N3O2S. The van der Waals surface area contributed by atoms with E-state index in [1.807, 2.05) is 4.90 Å². The lowest BCUT2D eigenvalue weighted by molar-refractivity contribution is -0.140. The van der Waals surface area contributed by atoms with Crippen molar-refractivity contribution >= 4 is 23.2 Å². The molecule has 4 rings (SSSR count). The van der Waals surface area contributed by atoms with Crippen LogP contribution in [0.5, 0.6) is 0 Å². The van der Waals surface area contributed by atoms with Crippen LogP contribution in [0.2, 0.25) is 0 Å². The summed E-state index contributed by atoms with van der Waals surface area (Å²) in [5, 5.41) is 4.26. The summed E-state index contributed by atoms with van der Waals surface area (Å²) in [6, 6.07) is 2.52. The van der Waals surface area contributed by atoms with Crippen molar-refractivity contribution in [2.24, 2.45) is 5.41 Å². The fourth-order valence-corrected chi connectivity index (χ4v) is 5.73. The van der Waals surface area contributed by atoms with Gasteiger partial charge in [-0.2, -0.15) is 11.3 Å². The van der Waals surface area contributed by atoms with Crippen LogP contribution in [0.3, 0.4) is 0 Å². The predicted molar refractivity (Wildman–Crippen MR) is 107 cm³/mol. The molecule has 2 atom stereocenters. The number of hydrogen-bond acceptors (Lipinski definition) is 4. The molecule has 2 saturated heterocycles. The van der Waals surface area contributed by atoms with Gasteiger partial charge in [-0.05, 0) is 73.5 Å². The molecule has 2 unspecified atom stereocenters. The zero-order valence-electron chi connectivity index (χ0n) is 16.5. The van der Waals surface area contributed by atoms with E-state index in [-0.39, 0.29) is 17.4 Å². The number of carbonyl (C=O) groups is 2. The second-order valence-electron chi connectivity index (χ2n) is 8.68. The number of hydrogen-bond donors (Lipinski definition) is 0. The van der Waals surface area contributed by atoms with E-state index < -0.39 is 0 Å². The maximum absolute atomic E-state index is 13.5. The van der Waals surface area contributed by atoms with Gasteiger partial charge in [0.05, 0.1) is 6.04 Å². The van der Waals surface area contributed by atoms with E-state index >= 15 is 0 Å². The molecule has 1 aliphatic carbocycles. The van der Waals surface area contributed by atoms with Crippen LogP contribution in [0.1, 0.15) is 51.0 Å². The number of thiophene rings is 1. The van der Waals surface area contributed by atoms with Crippen LogP contribution in [-0.2, 0) is 16.1 Å². The van der Waals surface area contributed by atoms with E-state index in [1.54, 1.807) is 18.3 Å². The average molecular weight is 390 g/mol. The van der Waals surface area contributed by atoms with E-state index in [9.17, 15) is 9.59 Å². The fraction of sp³-hybridized carbons (Fsp3) is 0.714. The van der Waals surface area contributed by atoms with E-state index in [1.165, 1.54) is 12.0 Å². The highest BCUT2D eigenvalue weighted by atomic mass is 32.1. The molecule has 0 bridgehead atoms. The Morgan fingerprint density at radius 2 is 2.04 bits per heavy atom. The molecule has 148 valence electrons. The van der Waals surface area contributed by atoms with Gasteiger partial charge in [-0.15, -0.1) is 0 Å². The summed E-state index contributed by atoms with van der Waals surface area (Å²) in [6.45, 7) is 5.10. The Balaban J connectivity index is 1.49. The molecule has 1 spiro atoms. The molecule has 2 amide bonds. The summed E-state index contributed by atoms with van der Waals surface area (Å²) in [4.78, 5) is 31.6. The molecule has 1 aromatic rings. The van der Waals surface area contributed by atoms with Gasteiger partial charge in [0.1, 0.15) is 0 Å². The Morgan fingerprint density at radius 1 is 1.26 bits per heavy atom. The molecule has 6 heteroatoms. The first kappa shape index (κ1) is 18.9. The van der Waals surface area contributed by atoms with E-state index in [2.05, 4.69) is 33.7 Å². The van der Waals surface area contributed by atoms with E-state index in [0.717, 1.165) is 58.3 Å². The molecule has 27 heavy (non-hydrogen) atoms. The van der Waals surface area contributed by atoms with Gasteiger partial charge in [0.15, 0.2) is 0 Å². The minimum absolute atomic E-state index is 0.0346. The Morgan fingerprint density at radius 3 is 2.67 bits per heavy atom. The summed E-state index contributed by atoms with van der Waals surface area (Å²) in [6.07, 6.45) is 6.49. The number of likely N-dealkylation sites (N-methyl/N-ethyl adjacent to an activating group) is 1. The van der Waals surface area contributed by atoms with Gasteiger partial charge in [0.2, 0.25) is 11.8 Å². The lowest BCUT2D eigenvalue weighted by atomic mass is 9.91. The molecule has 1 saturated carbocycles. The molecule has 2 aliphatic heterocycles. The van der Waals surface area contributed by atoms with Crippen LogP contribution in [0.25, 0.3) is 0 Å². The van der Waals surface area contributed by atoms with E-state index in [0.29, 0.717) is 11.9 Å². The Labute approximate surface area is 166 Å². The highest BCUT2D eigenvalue weighted by molar-refractivity contribution is 7.07. The first-order valence-corrected chi connectivity index (χ1v) is 11.2. The fourth-order valence-electron chi connectivity index (χ4n) is 5.07. The van der Waals surface area contributed by atoms with Crippen LogP contribution < -0.4 is 0 Å². The van der Waals surface area contributed by atoms with Gasteiger partial charge < -0.3 is 9.80 Å². The van der Waals surface area contributed by atoms with Crippen LogP contribution in [-0.4, -0.2) is 65.3 Å². The molecule has 0 N–H and O–H groups in total. The zero-order valence-corrected chi connectivity index (χ0v) is 17.3. The summed E-state index contributed by atoms with van der Waals surface area (Å²) in [5.74, 6) is 0.497. The maximum atomic E-state index is 13.5. The zero-order chi connectivity index (χ0) is 19.0. The SMILES string of the molecule is CC(=O)N1CCC2(CC1)CC2N(Cc1ccsc1)C(=O)C1CCCCN1C. The van der Waals surface area contributed by atoms with Crippen molar-refractivity contribution < 1.29 is 9.59 Å². The number of rotatable bonds is 4. The van der Waals surface area contributed by atoms with Gasteiger partial charge in [-0.25, -0.2) is 0 Å². The maximum Gasteiger partial charge on any atom is 0.240 e. The molecule has 0 aromatic carbocycles. The molecule has 1 aromatic heterocycles. The predicted octanol–water partition coefficient (Wildman–Crippen LogP) is 2.96. The van der Waals surface area contributed by atoms with Crippen LogP contribution in [0.15, 0.2) is 16.8 Å². The highest BCUT2D eigenvalue weighted by Crippen LogP contribution is 2.57. The molecule has 5 nitrogen and oxygen atoms in total. The second-order valence-corrected chi connectivity index (χ2v) is 9.46. The molecule has 0 radical (unpaired) electrons. The lowest BCUT2D eigenvalue weighted by Crippen LogP contribution is -2.51. The van der Waals surface area contributed by atoms with Gasteiger partial charge in [0, 0.05) is 32.6 Å². The number of likely N-dealkylation sites (tertiary alicyclic amines) is 2. The third-order valence-electron chi connectivity index (χ3n) is 7.00. The van der Waals surface area contributed by atoms with Gasteiger partial charge >= 0.3 is 0 Å². The highest BCUT2D eigenvalue weighted by Gasteiger charge is 2.59. The van der Waals surface area contributed by atoms with Crippen LogP contribution in [0.4, 0.5) is 0 Å². The third-order valence-corrected chi connectivity index (χ3v) is 7.73. The number of nitrogens with zero attached hydrogens (tertiary/aromatic N) is 3. The normalized spacial score (nSPS) is 27.6. The summed E-state index contributed by atoms with van der Waals surface area (Å²) in [7, 11) is 2.10. The minimum Gasteiger partial charge on any atom is -0.343 e. The standard InChI is InChI=1S/C21H31N3O2S/c1-16(25)23-10-7-21(8-11-23)13-19(21)24(14-17-6-12-27-15-17)20(26)18-5-3-4-9-22(18)2/h6,12,15,18-19H,3-5,7-11,13-14H2,1-2H3. The smallest absolute Gasteiger partial charge is 0.240 e. The Kier molecular flexibility index (Phi) is 5.30. The summed E-state index contributed by atoms with van der Waals surface area (Å²) in [5.41, 5.74) is 1.49. The van der Waals surface area contributed by atoms with Crippen molar-refractivity contribution in [3.63, 3.8) is 0 Å². The van der Waals surface area contributed by atoms with E-state index in [4.69, 9.17) is 0 Å². The van der Waals surface area contributed by atoms with Gasteiger partial charge in [-0.3, -0.25) is 14.5 Å². The van der Waals surface area contributed by atoms with Crippen molar-refractivity contribution in [2.45, 2.75) is 64.1 Å². The molecule has 3 fully saturated rings. The lowest BCUT2D eigenvalue weighted by Gasteiger charge is -2.38. The van der Waals surface area contributed by atoms with Gasteiger partial charge in [-0.1, -0.05) is 6.42 Å². The number of piperidine rings is 2. The van der Waals surface area contributed by atoms with Crippen molar-refractivity contribution in [1.29, 1.82) is 0 Å². The van der Waals surface area contributed by atoms with Crippen molar-refractivity contribution in [2.75, 3.05) is 26.7 Å². The van der Waals surface area contributed by atoms with Crippen molar-refractivity contribution in [3.05, 3.63) is 22.4 Å². The number of amides is 2. The first-order valence-electron chi connectivity index (χ1n) is 10.3. The quantitative estimate of drug-likeness (QED) is 0.795. The Hall–Kier alpha value is -1.40. The van der Waals surface area contributed by atoms with Crippen LogP contribution in [0, 0.1) is 5.41 Å². The summed E-state index contributed by atoms with van der Waals surface area (Å²) < 4.78 is 0. The number of carbonyl (C=O) groups excluding carboxylic acids is 2. The largest absolute Gasteiger partial charge is 0.343 e. The van der Waals surface area contributed by atoms with Crippen molar-refractivity contribution in [3.8, 4) is 0 Å². The average Bonchev–Trinajstić information content (AvgIpc) is 3.10. The summed E-state index contributed by atoms with van der Waals surface area (Å²) >= 11 is 1.70. The molecular weight excluding hydrogens is 358 g/mol. The Bertz CT molecular complexity index is 682. The van der Waals surface area contributed by atoms with Crippen molar-refractivity contribution in [1.82, 2.24) is 14.7 Å². The minimum atomic E-state index is 0.0346.